The number of hydrogen-bond acceptors (Lipinski definition) is 3. The van der Waals surface area contributed by atoms with E-state index in [9.17, 15) is 13.6 Å². The fraction of sp³-hybridized carbons (Fsp3) is 0.148. The SMILES string of the molecule is O=C(CCN1C(=S)N[C@@H](c2ccccn2)[C@H]1c1cccn1-c1cccc(F)c1)Nc1ccccc1F. The van der Waals surface area contributed by atoms with Crippen LogP contribution in [0.2, 0.25) is 0 Å². The summed E-state index contributed by atoms with van der Waals surface area (Å²) in [7, 11) is 0. The van der Waals surface area contributed by atoms with Gasteiger partial charge in [0.15, 0.2) is 5.11 Å². The number of para-hydroxylation sites is 1. The molecular weight excluding hydrogens is 480 g/mol. The van der Waals surface area contributed by atoms with Crippen molar-refractivity contribution in [3.05, 3.63) is 114 Å². The van der Waals surface area contributed by atoms with Crippen molar-refractivity contribution in [3.8, 4) is 5.69 Å². The van der Waals surface area contributed by atoms with Gasteiger partial charge in [-0.25, -0.2) is 8.78 Å². The third kappa shape index (κ3) is 4.83. The van der Waals surface area contributed by atoms with E-state index in [-0.39, 0.29) is 42.5 Å². The van der Waals surface area contributed by atoms with Crippen LogP contribution in [0.25, 0.3) is 5.69 Å². The lowest BCUT2D eigenvalue weighted by atomic mass is 10.0. The summed E-state index contributed by atoms with van der Waals surface area (Å²) >= 11 is 5.68. The van der Waals surface area contributed by atoms with Crippen LogP contribution in [0.4, 0.5) is 14.5 Å². The number of halogens is 2. The smallest absolute Gasteiger partial charge is 0.226 e. The van der Waals surface area contributed by atoms with Crippen molar-refractivity contribution in [3.63, 3.8) is 0 Å². The van der Waals surface area contributed by atoms with Crippen LogP contribution >= 0.6 is 12.2 Å². The minimum atomic E-state index is -0.495. The molecule has 182 valence electrons. The monoisotopic (exact) mass is 503 g/mol. The van der Waals surface area contributed by atoms with Crippen molar-refractivity contribution in [1.82, 2.24) is 19.8 Å². The van der Waals surface area contributed by atoms with Gasteiger partial charge in [-0.15, -0.1) is 0 Å². The van der Waals surface area contributed by atoms with Crippen LogP contribution in [0.1, 0.15) is 29.9 Å². The first-order valence-corrected chi connectivity index (χ1v) is 11.9. The largest absolute Gasteiger partial charge is 0.352 e. The molecule has 0 bridgehead atoms. The van der Waals surface area contributed by atoms with Gasteiger partial charge >= 0.3 is 0 Å². The highest BCUT2D eigenvalue weighted by molar-refractivity contribution is 7.80. The Hall–Kier alpha value is -4.11. The van der Waals surface area contributed by atoms with Gasteiger partial charge in [0.2, 0.25) is 5.91 Å². The van der Waals surface area contributed by atoms with Crippen molar-refractivity contribution in [2.75, 3.05) is 11.9 Å². The maximum Gasteiger partial charge on any atom is 0.226 e. The predicted octanol–water partition coefficient (Wildman–Crippen LogP) is 5.15. The number of nitrogens with zero attached hydrogens (tertiary/aromatic N) is 3. The quantitative estimate of drug-likeness (QED) is 0.342. The second kappa shape index (κ2) is 10.2. The van der Waals surface area contributed by atoms with E-state index in [4.69, 9.17) is 12.2 Å². The Morgan fingerprint density at radius 3 is 2.64 bits per heavy atom. The first-order chi connectivity index (χ1) is 17.5. The van der Waals surface area contributed by atoms with Gasteiger partial charge in [-0.05, 0) is 66.8 Å². The van der Waals surface area contributed by atoms with E-state index in [1.54, 1.807) is 24.4 Å². The summed E-state index contributed by atoms with van der Waals surface area (Å²) in [6.45, 7) is 0.286. The maximum absolute atomic E-state index is 14.0. The minimum absolute atomic E-state index is 0.0856. The molecule has 1 saturated heterocycles. The van der Waals surface area contributed by atoms with Crippen LogP contribution in [-0.4, -0.2) is 32.0 Å². The molecule has 3 heterocycles. The summed E-state index contributed by atoms with van der Waals surface area (Å²) in [5, 5.41) is 6.44. The highest BCUT2D eigenvalue weighted by atomic mass is 32.1. The Kier molecular flexibility index (Phi) is 6.73. The third-order valence-electron chi connectivity index (χ3n) is 6.10. The van der Waals surface area contributed by atoms with Gasteiger partial charge in [0.25, 0.3) is 0 Å². The van der Waals surface area contributed by atoms with Crippen LogP contribution in [0, 0.1) is 11.6 Å². The number of anilines is 1. The molecule has 4 aromatic rings. The summed E-state index contributed by atoms with van der Waals surface area (Å²) in [4.78, 5) is 19.1. The normalized spacial score (nSPS) is 17.2. The van der Waals surface area contributed by atoms with E-state index in [0.717, 1.165) is 11.4 Å². The van der Waals surface area contributed by atoms with Crippen LogP contribution in [0.3, 0.4) is 0 Å². The molecule has 5 rings (SSSR count). The van der Waals surface area contributed by atoms with Gasteiger partial charge in [-0.3, -0.25) is 9.78 Å². The van der Waals surface area contributed by atoms with Gasteiger partial charge < -0.3 is 20.1 Å². The van der Waals surface area contributed by atoms with Gasteiger partial charge in [-0.2, -0.15) is 0 Å². The Morgan fingerprint density at radius 2 is 1.86 bits per heavy atom. The zero-order valence-corrected chi connectivity index (χ0v) is 20.0. The van der Waals surface area contributed by atoms with Gasteiger partial charge in [0.1, 0.15) is 11.6 Å². The molecule has 1 amide bonds. The number of hydrogen-bond donors (Lipinski definition) is 2. The summed E-state index contributed by atoms with van der Waals surface area (Å²) in [5.41, 5.74) is 2.45. The first-order valence-electron chi connectivity index (χ1n) is 11.5. The molecule has 0 radical (unpaired) electrons. The van der Waals surface area contributed by atoms with Crippen molar-refractivity contribution in [2.45, 2.75) is 18.5 Å². The molecule has 6 nitrogen and oxygen atoms in total. The molecule has 2 aromatic carbocycles. The molecule has 0 spiro atoms. The van der Waals surface area contributed by atoms with Gasteiger partial charge in [0.05, 0.1) is 23.5 Å². The number of benzene rings is 2. The standard InChI is InChI=1S/C27H23F2N5OS/c28-18-7-5-8-19(17-18)33-15-6-12-23(33)26-25(22-11-3-4-14-30-22)32-27(36)34(26)16-13-24(35)31-21-10-2-1-9-20(21)29/h1-12,14-15,17,25-26H,13,16H2,(H,31,35)(H,32,36)/t25-,26+/m0/s1. The van der Waals surface area contributed by atoms with E-state index in [1.165, 1.54) is 24.3 Å². The number of pyridine rings is 1. The average Bonchev–Trinajstić information content (AvgIpc) is 3.49. The fourth-order valence-corrected chi connectivity index (χ4v) is 4.79. The Balaban J connectivity index is 1.45. The van der Waals surface area contributed by atoms with Crippen molar-refractivity contribution >= 4 is 28.9 Å². The summed E-state index contributed by atoms with van der Waals surface area (Å²) in [6.07, 6.45) is 3.67. The lowest BCUT2D eigenvalue weighted by molar-refractivity contribution is -0.116. The molecular formula is C27H23F2N5OS. The number of aromatic nitrogens is 2. The van der Waals surface area contributed by atoms with Crippen LogP contribution < -0.4 is 10.6 Å². The number of carbonyl (C=O) groups is 1. The number of rotatable bonds is 7. The molecule has 0 unspecified atom stereocenters. The predicted molar refractivity (Wildman–Crippen MR) is 138 cm³/mol. The fourth-order valence-electron chi connectivity index (χ4n) is 4.46. The van der Waals surface area contributed by atoms with E-state index in [1.807, 2.05) is 52.1 Å². The zero-order valence-electron chi connectivity index (χ0n) is 19.1. The van der Waals surface area contributed by atoms with Crippen LogP contribution in [0.15, 0.2) is 91.3 Å². The number of carbonyl (C=O) groups excluding carboxylic acids is 1. The highest BCUT2D eigenvalue weighted by Crippen LogP contribution is 2.39. The van der Waals surface area contributed by atoms with Crippen LogP contribution in [0.5, 0.6) is 0 Å². The lowest BCUT2D eigenvalue weighted by Crippen LogP contribution is -2.33. The summed E-state index contributed by atoms with van der Waals surface area (Å²) < 4.78 is 29.9. The van der Waals surface area contributed by atoms with Gasteiger partial charge in [-0.1, -0.05) is 24.3 Å². The molecule has 9 heteroatoms. The Bertz CT molecular complexity index is 1390. The molecule has 0 aliphatic carbocycles. The molecule has 1 aliphatic rings. The second-order valence-corrected chi connectivity index (χ2v) is 8.77. The maximum atomic E-state index is 14.0. The highest BCUT2D eigenvalue weighted by Gasteiger charge is 2.41. The Labute approximate surface area is 212 Å². The lowest BCUT2D eigenvalue weighted by Gasteiger charge is -2.28. The van der Waals surface area contributed by atoms with Crippen molar-refractivity contribution in [2.24, 2.45) is 0 Å². The van der Waals surface area contributed by atoms with Crippen molar-refractivity contribution in [1.29, 1.82) is 0 Å². The molecule has 2 N–H and O–H groups in total. The topological polar surface area (TPSA) is 62.2 Å². The third-order valence-corrected chi connectivity index (χ3v) is 6.45. The molecule has 2 atom stereocenters. The van der Waals surface area contributed by atoms with Gasteiger partial charge in [0, 0.05) is 36.7 Å². The second-order valence-electron chi connectivity index (χ2n) is 8.38. The number of amides is 1. The van der Waals surface area contributed by atoms with E-state index >= 15 is 0 Å². The van der Waals surface area contributed by atoms with Crippen molar-refractivity contribution < 1.29 is 13.6 Å². The first kappa shape index (κ1) is 23.6. The van der Waals surface area contributed by atoms with E-state index in [0.29, 0.717) is 10.8 Å². The summed E-state index contributed by atoms with van der Waals surface area (Å²) in [6, 6.07) is 21.3. The van der Waals surface area contributed by atoms with E-state index in [2.05, 4.69) is 15.6 Å². The Morgan fingerprint density at radius 1 is 1.03 bits per heavy atom. The number of nitrogens with one attached hydrogen (secondary N) is 2. The minimum Gasteiger partial charge on any atom is -0.352 e. The average molecular weight is 504 g/mol. The molecule has 1 fully saturated rings. The molecule has 36 heavy (non-hydrogen) atoms. The number of thiocarbonyl (C=S) groups is 1. The summed E-state index contributed by atoms with van der Waals surface area (Å²) in [5.74, 6) is -1.16. The van der Waals surface area contributed by atoms with Crippen LogP contribution in [-0.2, 0) is 4.79 Å². The molecule has 0 saturated carbocycles. The molecule has 2 aromatic heterocycles. The molecule has 1 aliphatic heterocycles. The zero-order chi connectivity index (χ0) is 25.1. The van der Waals surface area contributed by atoms with E-state index < -0.39 is 5.82 Å².